The molecule has 0 fully saturated rings. The molecule has 0 aliphatic heterocycles. The molecular weight excluding hydrogens is 66.0 g/mol. The summed E-state index contributed by atoms with van der Waals surface area (Å²) < 4.78 is 0. The molecule has 0 rings (SSSR count). The summed E-state index contributed by atoms with van der Waals surface area (Å²) >= 11 is 0. The Kier molecular flexibility index (Phi) is 1.03. The van der Waals surface area contributed by atoms with E-state index in [4.69, 9.17) is 10.7 Å². The topological polar surface area (TPSA) is 73.7 Å². The molecule has 3 nitrogen and oxygen atoms in total. The van der Waals surface area contributed by atoms with Gasteiger partial charge in [-0.05, 0) is 0 Å². The molecular formula is C2H3N3. The van der Waals surface area contributed by atoms with E-state index in [1.54, 1.807) is 0 Å². The minimum absolute atomic E-state index is 0.440. The van der Waals surface area contributed by atoms with Gasteiger partial charge >= 0.3 is 0 Å². The quantitative estimate of drug-likeness (QED) is 0.295. The van der Waals surface area contributed by atoms with E-state index < -0.39 is 5.84 Å². The number of nitrogens with two attached hydrogens (primary N) is 1. The maximum absolute atomic E-state index is 7.54. The van der Waals surface area contributed by atoms with Crippen molar-refractivity contribution in [2.24, 2.45) is 5.73 Å². The minimum atomic E-state index is -0.440. The van der Waals surface area contributed by atoms with E-state index in [9.17, 15) is 0 Å². The highest BCUT2D eigenvalue weighted by molar-refractivity contribution is 5.92. The Bertz CT molecular complexity index is 77.4. The molecule has 0 atom stereocenters. The molecule has 0 saturated carbocycles. The lowest BCUT2D eigenvalue weighted by Gasteiger charge is -1.63. The first-order chi connectivity index (χ1) is 2.27. The fraction of sp³-hybridized carbons (Fsp3) is 0. The molecule has 5 heavy (non-hydrogen) atoms. The van der Waals surface area contributed by atoms with Gasteiger partial charge in [-0.3, -0.25) is 5.41 Å². The largest absolute Gasteiger partial charge is 0.375 e. The Morgan fingerprint density at radius 1 is 2.00 bits per heavy atom. The Morgan fingerprint density at radius 2 is 2.20 bits per heavy atom. The number of nitrogens with one attached hydrogen (secondary N) is 1. The highest BCUT2D eigenvalue weighted by atomic mass is 14.7. The van der Waals surface area contributed by atoms with E-state index in [2.05, 4.69) is 5.73 Å². The van der Waals surface area contributed by atoms with Crippen molar-refractivity contribution < 1.29 is 0 Å². The fourth-order valence-corrected chi connectivity index (χ4v) is 0. The van der Waals surface area contributed by atoms with E-state index in [0.29, 0.717) is 0 Å². The van der Waals surface area contributed by atoms with Gasteiger partial charge in [0.15, 0.2) is 5.84 Å². The van der Waals surface area contributed by atoms with Crippen LogP contribution in [0.1, 0.15) is 0 Å². The third kappa shape index (κ3) is 2.96. The molecule has 0 heterocycles. The highest BCUT2D eigenvalue weighted by Gasteiger charge is 1.68. The summed E-state index contributed by atoms with van der Waals surface area (Å²) in [5.74, 6) is -0.440. The third-order valence-corrected chi connectivity index (χ3v) is 0.120. The second-order valence-corrected chi connectivity index (χ2v) is 0.525. The molecule has 0 radical (unpaired) electrons. The number of hydrogen-bond donors (Lipinski definition) is 2. The van der Waals surface area contributed by atoms with Crippen molar-refractivity contribution in [2.45, 2.75) is 0 Å². The van der Waals surface area contributed by atoms with Gasteiger partial charge in [0.25, 0.3) is 0 Å². The SMILES string of the molecule is N#CC(=N)N. The van der Waals surface area contributed by atoms with Crippen LogP contribution in [-0.2, 0) is 0 Å². The van der Waals surface area contributed by atoms with Crippen LogP contribution in [0, 0.1) is 16.7 Å². The molecule has 0 bridgehead atoms. The standard InChI is InChI=1S/C2H3N3/c3-1-2(4)5/h(H3,4,5). The maximum Gasteiger partial charge on any atom is 0.195 e. The van der Waals surface area contributed by atoms with Crippen molar-refractivity contribution in [2.75, 3.05) is 0 Å². The summed E-state index contributed by atoms with van der Waals surface area (Å²) in [4.78, 5) is 0. The lowest BCUT2D eigenvalue weighted by Crippen LogP contribution is -2.03. The van der Waals surface area contributed by atoms with Crippen molar-refractivity contribution in [3.05, 3.63) is 0 Å². The summed E-state index contributed by atoms with van der Waals surface area (Å²) in [7, 11) is 0. The average Bonchev–Trinajstić information content (AvgIpc) is 1.38. The molecule has 26 valence electrons. The molecule has 0 aromatic carbocycles. The summed E-state index contributed by atoms with van der Waals surface area (Å²) in [5.41, 5.74) is 4.51. The fourth-order valence-electron chi connectivity index (χ4n) is 0. The third-order valence-electron chi connectivity index (χ3n) is 0.120. The van der Waals surface area contributed by atoms with Crippen LogP contribution in [-0.4, -0.2) is 5.84 Å². The van der Waals surface area contributed by atoms with Crippen LogP contribution in [0.2, 0.25) is 0 Å². The number of nitriles is 1. The van der Waals surface area contributed by atoms with E-state index in [0.717, 1.165) is 0 Å². The van der Waals surface area contributed by atoms with Gasteiger partial charge in [-0.25, -0.2) is 0 Å². The van der Waals surface area contributed by atoms with Crippen molar-refractivity contribution in [1.29, 1.82) is 10.7 Å². The maximum atomic E-state index is 7.54. The van der Waals surface area contributed by atoms with E-state index in [1.165, 1.54) is 6.07 Å². The summed E-state index contributed by atoms with van der Waals surface area (Å²) in [5, 5.41) is 13.7. The van der Waals surface area contributed by atoms with Gasteiger partial charge in [-0.1, -0.05) is 0 Å². The number of nitrogens with zero attached hydrogens (tertiary/aromatic N) is 1. The first-order valence-corrected chi connectivity index (χ1v) is 1.01. The number of hydrogen-bond acceptors (Lipinski definition) is 2. The summed E-state index contributed by atoms with van der Waals surface area (Å²) in [6.07, 6.45) is 0. The zero-order valence-corrected chi connectivity index (χ0v) is 2.52. The number of rotatable bonds is 0. The predicted molar refractivity (Wildman–Crippen MR) is 17.5 cm³/mol. The first-order valence-electron chi connectivity index (χ1n) is 1.01. The first kappa shape index (κ1) is 3.96. The van der Waals surface area contributed by atoms with E-state index >= 15 is 0 Å². The predicted octanol–water partition coefficient (Wildman–Crippen LogP) is -0.554. The number of amidine groups is 1. The molecule has 0 aliphatic rings. The lowest BCUT2D eigenvalue weighted by molar-refractivity contribution is 1.44. The molecule has 0 aromatic rings. The van der Waals surface area contributed by atoms with Crippen LogP contribution in [0.5, 0.6) is 0 Å². The van der Waals surface area contributed by atoms with E-state index in [1.807, 2.05) is 0 Å². The van der Waals surface area contributed by atoms with Crippen molar-refractivity contribution in [3.8, 4) is 6.07 Å². The van der Waals surface area contributed by atoms with Gasteiger partial charge in [0, 0.05) is 0 Å². The molecule has 0 saturated heterocycles. The average molecular weight is 69.1 g/mol. The monoisotopic (exact) mass is 69.0 g/mol. The smallest absolute Gasteiger partial charge is 0.195 e. The second-order valence-electron chi connectivity index (χ2n) is 0.525. The lowest BCUT2D eigenvalue weighted by atomic mass is 10.7. The zero-order valence-electron chi connectivity index (χ0n) is 2.52. The Labute approximate surface area is 29.5 Å². The van der Waals surface area contributed by atoms with Crippen LogP contribution < -0.4 is 5.73 Å². The molecule has 0 aromatic heterocycles. The van der Waals surface area contributed by atoms with Crippen molar-refractivity contribution in [1.82, 2.24) is 0 Å². The Hall–Kier alpha value is -1.04. The van der Waals surface area contributed by atoms with Crippen LogP contribution in [0.3, 0.4) is 0 Å². The van der Waals surface area contributed by atoms with Gasteiger partial charge < -0.3 is 5.73 Å². The van der Waals surface area contributed by atoms with Crippen molar-refractivity contribution in [3.63, 3.8) is 0 Å². The molecule has 0 aliphatic carbocycles. The van der Waals surface area contributed by atoms with Gasteiger partial charge in [-0.15, -0.1) is 0 Å². The van der Waals surface area contributed by atoms with Gasteiger partial charge in [0.1, 0.15) is 6.07 Å². The van der Waals surface area contributed by atoms with E-state index in [-0.39, 0.29) is 0 Å². The van der Waals surface area contributed by atoms with Gasteiger partial charge in [0.2, 0.25) is 0 Å². The minimum Gasteiger partial charge on any atom is -0.375 e. The normalized spacial score (nSPS) is 5.40. The second kappa shape index (κ2) is 1.30. The molecule has 3 N–H and O–H groups in total. The van der Waals surface area contributed by atoms with Gasteiger partial charge in [-0.2, -0.15) is 5.26 Å². The summed E-state index contributed by atoms with van der Waals surface area (Å²) in [6.45, 7) is 0. The van der Waals surface area contributed by atoms with Crippen molar-refractivity contribution >= 4 is 5.84 Å². The van der Waals surface area contributed by atoms with Gasteiger partial charge in [0.05, 0.1) is 0 Å². The Morgan fingerprint density at radius 3 is 2.20 bits per heavy atom. The molecule has 0 amide bonds. The zero-order chi connectivity index (χ0) is 4.28. The molecule has 3 heteroatoms. The van der Waals surface area contributed by atoms with Crippen LogP contribution in [0.4, 0.5) is 0 Å². The Balaban J connectivity index is 3.35. The highest BCUT2D eigenvalue weighted by Crippen LogP contribution is 1.39. The summed E-state index contributed by atoms with van der Waals surface area (Å²) in [6, 6.07) is 1.39. The molecule has 0 unspecified atom stereocenters. The van der Waals surface area contributed by atoms with Crippen LogP contribution in [0.25, 0.3) is 0 Å². The molecule has 0 spiro atoms. The van der Waals surface area contributed by atoms with Crippen LogP contribution >= 0.6 is 0 Å². The van der Waals surface area contributed by atoms with Crippen LogP contribution in [0.15, 0.2) is 0 Å².